The fraction of sp³-hybridized carbons (Fsp3) is 0.417. The SMILES string of the molecule is CC(C)c1ccc(N2C(=O)CSC2c2ccc(NC(=O)C3CCCC3)cc2)cc1. The van der Waals surface area contributed by atoms with E-state index in [4.69, 9.17) is 0 Å². The zero-order valence-corrected chi connectivity index (χ0v) is 17.9. The van der Waals surface area contributed by atoms with Crippen LogP contribution in [0.5, 0.6) is 0 Å². The summed E-state index contributed by atoms with van der Waals surface area (Å²) in [4.78, 5) is 26.8. The average molecular weight is 409 g/mol. The Hall–Kier alpha value is -2.27. The molecule has 0 bridgehead atoms. The molecule has 1 saturated heterocycles. The Kier molecular flexibility index (Phi) is 5.95. The topological polar surface area (TPSA) is 49.4 Å². The molecule has 4 rings (SSSR count). The van der Waals surface area contributed by atoms with Crippen LogP contribution in [0.1, 0.15) is 61.9 Å². The van der Waals surface area contributed by atoms with Crippen LogP contribution in [0, 0.1) is 5.92 Å². The third-order valence-electron chi connectivity index (χ3n) is 5.90. The maximum Gasteiger partial charge on any atom is 0.238 e. The number of amides is 2. The lowest BCUT2D eigenvalue weighted by atomic mass is 10.0. The Bertz CT molecular complexity index is 871. The molecule has 0 spiro atoms. The number of thioether (sulfide) groups is 1. The molecule has 0 radical (unpaired) electrons. The molecule has 152 valence electrons. The number of carbonyl (C=O) groups excluding carboxylic acids is 2. The van der Waals surface area contributed by atoms with Gasteiger partial charge >= 0.3 is 0 Å². The largest absolute Gasteiger partial charge is 0.326 e. The summed E-state index contributed by atoms with van der Waals surface area (Å²) in [6, 6.07) is 16.2. The van der Waals surface area contributed by atoms with Gasteiger partial charge in [0.1, 0.15) is 5.37 Å². The minimum Gasteiger partial charge on any atom is -0.326 e. The van der Waals surface area contributed by atoms with E-state index in [9.17, 15) is 9.59 Å². The monoisotopic (exact) mass is 408 g/mol. The van der Waals surface area contributed by atoms with Crippen molar-refractivity contribution in [3.8, 4) is 0 Å². The summed E-state index contributed by atoms with van der Waals surface area (Å²) in [7, 11) is 0. The standard InChI is InChI=1S/C24H28N2O2S/c1-16(2)17-9-13-21(14-10-17)26-22(27)15-29-24(26)19-7-11-20(12-8-19)25-23(28)18-5-3-4-6-18/h7-14,16,18,24H,3-6,15H2,1-2H3,(H,25,28). The summed E-state index contributed by atoms with van der Waals surface area (Å²) in [5.41, 5.74) is 4.11. The smallest absolute Gasteiger partial charge is 0.238 e. The number of anilines is 2. The molecule has 1 aliphatic carbocycles. The van der Waals surface area contributed by atoms with Crippen LogP contribution < -0.4 is 10.2 Å². The fourth-order valence-corrected chi connectivity index (χ4v) is 5.31. The number of nitrogens with zero attached hydrogens (tertiary/aromatic N) is 1. The summed E-state index contributed by atoms with van der Waals surface area (Å²) in [6.07, 6.45) is 4.29. The second kappa shape index (κ2) is 8.62. The summed E-state index contributed by atoms with van der Waals surface area (Å²) in [5, 5.41) is 3.01. The van der Waals surface area contributed by atoms with Gasteiger partial charge in [0.2, 0.25) is 11.8 Å². The molecule has 1 N–H and O–H groups in total. The van der Waals surface area contributed by atoms with Crippen LogP contribution in [0.2, 0.25) is 0 Å². The minimum atomic E-state index is -0.0352. The zero-order valence-electron chi connectivity index (χ0n) is 17.1. The Labute approximate surface area is 177 Å². The van der Waals surface area contributed by atoms with Crippen LogP contribution in [0.4, 0.5) is 11.4 Å². The van der Waals surface area contributed by atoms with E-state index >= 15 is 0 Å². The summed E-state index contributed by atoms with van der Waals surface area (Å²) in [5.74, 6) is 1.37. The van der Waals surface area contributed by atoms with Crippen molar-refractivity contribution in [3.63, 3.8) is 0 Å². The first-order valence-electron chi connectivity index (χ1n) is 10.5. The molecule has 5 heteroatoms. The fourth-order valence-electron chi connectivity index (χ4n) is 4.13. The molecule has 1 unspecified atom stereocenters. The van der Waals surface area contributed by atoms with Crippen molar-refractivity contribution in [2.75, 3.05) is 16.0 Å². The Morgan fingerprint density at radius 3 is 2.31 bits per heavy atom. The number of hydrogen-bond donors (Lipinski definition) is 1. The lowest BCUT2D eigenvalue weighted by Crippen LogP contribution is -2.27. The lowest BCUT2D eigenvalue weighted by Gasteiger charge is -2.25. The first-order valence-corrected chi connectivity index (χ1v) is 11.5. The van der Waals surface area contributed by atoms with E-state index in [-0.39, 0.29) is 23.1 Å². The molecule has 0 aromatic heterocycles. The number of hydrogen-bond acceptors (Lipinski definition) is 3. The molecule has 2 aliphatic rings. The van der Waals surface area contributed by atoms with Crippen molar-refractivity contribution >= 4 is 35.0 Å². The van der Waals surface area contributed by atoms with Crippen LogP contribution in [0.3, 0.4) is 0 Å². The first kappa shape index (κ1) is 20.0. The van der Waals surface area contributed by atoms with Crippen molar-refractivity contribution in [3.05, 3.63) is 59.7 Å². The lowest BCUT2D eigenvalue weighted by molar-refractivity contribution is -0.119. The Balaban J connectivity index is 1.49. The molecule has 2 aromatic rings. The molecule has 1 heterocycles. The molecule has 1 saturated carbocycles. The third-order valence-corrected chi connectivity index (χ3v) is 7.11. The minimum absolute atomic E-state index is 0.0352. The van der Waals surface area contributed by atoms with Gasteiger partial charge in [-0.3, -0.25) is 14.5 Å². The normalized spacial score (nSPS) is 19.9. The molecule has 2 aromatic carbocycles. The van der Waals surface area contributed by atoms with Crippen molar-refractivity contribution in [2.24, 2.45) is 5.92 Å². The van der Waals surface area contributed by atoms with Crippen LogP contribution in [-0.4, -0.2) is 17.6 Å². The average Bonchev–Trinajstić information content (AvgIpc) is 3.39. The van der Waals surface area contributed by atoms with Gasteiger partial charge in [0.05, 0.1) is 5.75 Å². The van der Waals surface area contributed by atoms with E-state index in [0.29, 0.717) is 11.7 Å². The molecule has 29 heavy (non-hydrogen) atoms. The Morgan fingerprint density at radius 2 is 1.69 bits per heavy atom. The van der Waals surface area contributed by atoms with E-state index in [1.54, 1.807) is 11.8 Å². The van der Waals surface area contributed by atoms with Crippen LogP contribution >= 0.6 is 11.8 Å². The molecule has 2 fully saturated rings. The first-order chi connectivity index (χ1) is 14.0. The highest BCUT2D eigenvalue weighted by Crippen LogP contribution is 2.42. The van der Waals surface area contributed by atoms with Gasteiger partial charge in [-0.15, -0.1) is 11.8 Å². The number of nitrogens with one attached hydrogen (secondary N) is 1. The van der Waals surface area contributed by atoms with E-state index < -0.39 is 0 Å². The van der Waals surface area contributed by atoms with Gasteiger partial charge < -0.3 is 5.32 Å². The second-order valence-corrected chi connectivity index (χ2v) is 9.33. The number of carbonyl (C=O) groups is 2. The maximum atomic E-state index is 12.6. The van der Waals surface area contributed by atoms with Crippen LogP contribution in [0.15, 0.2) is 48.5 Å². The molecular formula is C24H28N2O2S. The quantitative estimate of drug-likeness (QED) is 0.689. The summed E-state index contributed by atoms with van der Waals surface area (Å²) < 4.78 is 0. The second-order valence-electron chi connectivity index (χ2n) is 8.27. The van der Waals surface area contributed by atoms with Gasteiger partial charge in [-0.1, -0.05) is 51.0 Å². The summed E-state index contributed by atoms with van der Waals surface area (Å²) in [6.45, 7) is 4.34. The maximum absolute atomic E-state index is 12.6. The van der Waals surface area contributed by atoms with Gasteiger partial charge in [-0.2, -0.15) is 0 Å². The van der Waals surface area contributed by atoms with E-state index in [2.05, 4.69) is 31.3 Å². The predicted molar refractivity (Wildman–Crippen MR) is 120 cm³/mol. The third kappa shape index (κ3) is 4.35. The highest BCUT2D eigenvalue weighted by atomic mass is 32.2. The van der Waals surface area contributed by atoms with Gasteiger partial charge in [-0.25, -0.2) is 0 Å². The van der Waals surface area contributed by atoms with Crippen LogP contribution in [0.25, 0.3) is 0 Å². The highest BCUT2D eigenvalue weighted by Gasteiger charge is 2.34. The van der Waals surface area contributed by atoms with E-state index in [1.165, 1.54) is 5.56 Å². The predicted octanol–water partition coefficient (Wildman–Crippen LogP) is 5.72. The molecule has 1 atom stereocenters. The van der Waals surface area contributed by atoms with Gasteiger partial charge in [0, 0.05) is 17.3 Å². The molecule has 4 nitrogen and oxygen atoms in total. The van der Waals surface area contributed by atoms with Gasteiger partial charge in [-0.05, 0) is 54.2 Å². The number of rotatable bonds is 5. The molecule has 2 amide bonds. The van der Waals surface area contributed by atoms with Crippen molar-refractivity contribution in [1.82, 2.24) is 0 Å². The van der Waals surface area contributed by atoms with Crippen molar-refractivity contribution < 1.29 is 9.59 Å². The Morgan fingerprint density at radius 1 is 1.03 bits per heavy atom. The van der Waals surface area contributed by atoms with E-state index in [0.717, 1.165) is 42.6 Å². The van der Waals surface area contributed by atoms with Crippen LogP contribution in [-0.2, 0) is 9.59 Å². The summed E-state index contributed by atoms with van der Waals surface area (Å²) >= 11 is 1.65. The molecular weight excluding hydrogens is 380 g/mol. The van der Waals surface area contributed by atoms with Crippen molar-refractivity contribution in [1.29, 1.82) is 0 Å². The zero-order chi connectivity index (χ0) is 20.4. The van der Waals surface area contributed by atoms with E-state index in [1.807, 2.05) is 41.3 Å². The molecule has 1 aliphatic heterocycles. The number of benzene rings is 2. The van der Waals surface area contributed by atoms with Gasteiger partial charge in [0.15, 0.2) is 0 Å². The van der Waals surface area contributed by atoms with Gasteiger partial charge in [0.25, 0.3) is 0 Å². The highest BCUT2D eigenvalue weighted by molar-refractivity contribution is 8.00. The van der Waals surface area contributed by atoms with Crippen molar-refractivity contribution in [2.45, 2.75) is 50.8 Å².